The SMILES string of the molecule is CCN(C(=O)CSC(C)C(=O)Nc1cc(C)on1)C1CCCCC1. The van der Waals surface area contributed by atoms with Crippen LogP contribution in [0.5, 0.6) is 0 Å². The average molecular weight is 353 g/mol. The van der Waals surface area contributed by atoms with Crippen molar-refractivity contribution >= 4 is 29.4 Å². The first-order valence-corrected chi connectivity index (χ1v) is 9.71. The number of anilines is 1. The summed E-state index contributed by atoms with van der Waals surface area (Å²) < 4.78 is 4.92. The van der Waals surface area contributed by atoms with Crippen molar-refractivity contribution in [3.8, 4) is 0 Å². The smallest absolute Gasteiger partial charge is 0.238 e. The minimum absolute atomic E-state index is 0.131. The van der Waals surface area contributed by atoms with Gasteiger partial charge in [-0.1, -0.05) is 24.4 Å². The predicted molar refractivity (Wildman–Crippen MR) is 96.0 cm³/mol. The van der Waals surface area contributed by atoms with Crippen LogP contribution in [0, 0.1) is 6.92 Å². The molecule has 0 aromatic carbocycles. The van der Waals surface area contributed by atoms with Gasteiger partial charge in [-0.25, -0.2) is 0 Å². The van der Waals surface area contributed by atoms with Crippen LogP contribution >= 0.6 is 11.8 Å². The molecule has 1 saturated carbocycles. The number of amides is 2. The number of thioether (sulfide) groups is 1. The third-order valence-electron chi connectivity index (χ3n) is 4.38. The van der Waals surface area contributed by atoms with Gasteiger partial charge in [-0.05, 0) is 33.6 Å². The Kier molecular flexibility index (Phi) is 7.15. The van der Waals surface area contributed by atoms with Gasteiger partial charge in [0.15, 0.2) is 5.82 Å². The van der Waals surface area contributed by atoms with E-state index in [2.05, 4.69) is 10.5 Å². The molecule has 0 saturated heterocycles. The van der Waals surface area contributed by atoms with Gasteiger partial charge in [-0.2, -0.15) is 0 Å². The van der Waals surface area contributed by atoms with E-state index < -0.39 is 0 Å². The molecular formula is C17H27N3O3S. The van der Waals surface area contributed by atoms with E-state index >= 15 is 0 Å². The van der Waals surface area contributed by atoms with Crippen molar-refractivity contribution in [1.29, 1.82) is 0 Å². The number of carbonyl (C=O) groups excluding carboxylic acids is 2. The van der Waals surface area contributed by atoms with Gasteiger partial charge in [-0.15, -0.1) is 11.8 Å². The van der Waals surface area contributed by atoms with Crippen LogP contribution < -0.4 is 5.32 Å². The summed E-state index contributed by atoms with van der Waals surface area (Å²) in [5.41, 5.74) is 0. The largest absolute Gasteiger partial charge is 0.360 e. The highest BCUT2D eigenvalue weighted by Gasteiger charge is 2.25. The van der Waals surface area contributed by atoms with E-state index in [0.29, 0.717) is 23.4 Å². The van der Waals surface area contributed by atoms with Crippen molar-refractivity contribution in [1.82, 2.24) is 10.1 Å². The Bertz CT molecular complexity index is 555. The zero-order valence-electron chi connectivity index (χ0n) is 14.7. The zero-order chi connectivity index (χ0) is 17.5. The number of nitrogens with one attached hydrogen (secondary N) is 1. The fourth-order valence-corrected chi connectivity index (χ4v) is 3.81. The van der Waals surface area contributed by atoms with Gasteiger partial charge in [0.05, 0.1) is 11.0 Å². The Morgan fingerprint density at radius 2 is 2.12 bits per heavy atom. The topological polar surface area (TPSA) is 75.4 Å². The molecule has 0 radical (unpaired) electrons. The third kappa shape index (κ3) is 5.26. The quantitative estimate of drug-likeness (QED) is 0.814. The standard InChI is InChI=1S/C17H27N3O3S/c1-4-20(14-8-6-5-7-9-14)16(21)11-24-13(3)17(22)18-15-10-12(2)23-19-15/h10,13-14H,4-9,11H2,1-3H3,(H,18,19,22). The van der Waals surface area contributed by atoms with E-state index in [-0.39, 0.29) is 17.1 Å². The maximum atomic E-state index is 12.5. The van der Waals surface area contributed by atoms with Crippen LogP contribution in [-0.4, -0.2) is 45.5 Å². The molecule has 1 heterocycles. The highest BCUT2D eigenvalue weighted by molar-refractivity contribution is 8.01. The van der Waals surface area contributed by atoms with Crippen molar-refractivity contribution in [3.63, 3.8) is 0 Å². The summed E-state index contributed by atoms with van der Waals surface area (Å²) >= 11 is 1.36. The summed E-state index contributed by atoms with van der Waals surface area (Å²) in [5, 5.41) is 6.12. The first-order chi connectivity index (χ1) is 11.5. The maximum Gasteiger partial charge on any atom is 0.238 e. The lowest BCUT2D eigenvalue weighted by molar-refractivity contribution is -0.131. The van der Waals surface area contributed by atoms with Gasteiger partial charge < -0.3 is 14.7 Å². The van der Waals surface area contributed by atoms with Gasteiger partial charge in [-0.3, -0.25) is 9.59 Å². The molecule has 7 heteroatoms. The van der Waals surface area contributed by atoms with E-state index in [1.54, 1.807) is 19.9 Å². The number of hydrogen-bond donors (Lipinski definition) is 1. The Morgan fingerprint density at radius 3 is 2.71 bits per heavy atom. The number of aryl methyl sites for hydroxylation is 1. The molecule has 1 atom stereocenters. The van der Waals surface area contributed by atoms with Crippen molar-refractivity contribution < 1.29 is 14.1 Å². The third-order valence-corrected chi connectivity index (χ3v) is 5.51. The van der Waals surface area contributed by atoms with Crippen molar-refractivity contribution in [3.05, 3.63) is 11.8 Å². The molecule has 24 heavy (non-hydrogen) atoms. The second-order valence-corrected chi connectivity index (χ2v) is 7.57. The lowest BCUT2D eigenvalue weighted by Gasteiger charge is -2.33. The van der Waals surface area contributed by atoms with E-state index in [9.17, 15) is 9.59 Å². The van der Waals surface area contributed by atoms with Crippen LogP contribution in [0.3, 0.4) is 0 Å². The lowest BCUT2D eigenvalue weighted by atomic mass is 9.94. The molecule has 0 bridgehead atoms. The summed E-state index contributed by atoms with van der Waals surface area (Å²) in [6, 6.07) is 2.04. The van der Waals surface area contributed by atoms with Crippen LogP contribution in [0.1, 0.15) is 51.7 Å². The van der Waals surface area contributed by atoms with Crippen LogP contribution in [-0.2, 0) is 9.59 Å². The molecule has 1 aliphatic carbocycles. The fraction of sp³-hybridized carbons (Fsp3) is 0.706. The molecule has 134 valence electrons. The molecular weight excluding hydrogens is 326 g/mol. The maximum absolute atomic E-state index is 12.5. The summed E-state index contributed by atoms with van der Waals surface area (Å²) in [7, 11) is 0. The summed E-state index contributed by atoms with van der Waals surface area (Å²) in [5.74, 6) is 1.35. The van der Waals surface area contributed by atoms with Crippen LogP contribution in [0.25, 0.3) is 0 Å². The minimum atomic E-state index is -0.323. The van der Waals surface area contributed by atoms with Gasteiger partial charge in [0.1, 0.15) is 5.76 Å². The molecule has 2 amide bonds. The fourth-order valence-electron chi connectivity index (χ4n) is 3.04. The summed E-state index contributed by atoms with van der Waals surface area (Å²) in [6.45, 7) is 6.34. The normalized spacial score (nSPS) is 16.6. The van der Waals surface area contributed by atoms with E-state index in [1.807, 2.05) is 11.8 Å². The molecule has 0 spiro atoms. The molecule has 1 aromatic heterocycles. The summed E-state index contributed by atoms with van der Waals surface area (Å²) in [4.78, 5) is 26.6. The van der Waals surface area contributed by atoms with Crippen LogP contribution in [0.4, 0.5) is 5.82 Å². The number of hydrogen-bond acceptors (Lipinski definition) is 5. The first-order valence-electron chi connectivity index (χ1n) is 8.66. The first kappa shape index (κ1) is 18.8. The Balaban J connectivity index is 1.79. The second kappa shape index (κ2) is 9.11. The molecule has 1 unspecified atom stereocenters. The Morgan fingerprint density at radius 1 is 1.42 bits per heavy atom. The van der Waals surface area contributed by atoms with Gasteiger partial charge in [0.2, 0.25) is 11.8 Å². The lowest BCUT2D eigenvalue weighted by Crippen LogP contribution is -2.42. The zero-order valence-corrected chi connectivity index (χ0v) is 15.5. The monoisotopic (exact) mass is 353 g/mol. The van der Waals surface area contributed by atoms with E-state index in [4.69, 9.17) is 4.52 Å². The van der Waals surface area contributed by atoms with Crippen LogP contribution in [0.2, 0.25) is 0 Å². The molecule has 1 N–H and O–H groups in total. The molecule has 1 fully saturated rings. The van der Waals surface area contributed by atoms with Crippen molar-refractivity contribution in [2.24, 2.45) is 0 Å². The van der Waals surface area contributed by atoms with E-state index in [0.717, 1.165) is 19.4 Å². The molecule has 1 aromatic rings. The summed E-state index contributed by atoms with van der Waals surface area (Å²) in [6.07, 6.45) is 5.89. The van der Waals surface area contributed by atoms with Gasteiger partial charge in [0.25, 0.3) is 0 Å². The minimum Gasteiger partial charge on any atom is -0.360 e. The van der Waals surface area contributed by atoms with Gasteiger partial charge in [0, 0.05) is 18.7 Å². The number of aromatic nitrogens is 1. The molecule has 1 aliphatic rings. The predicted octanol–water partition coefficient (Wildman–Crippen LogP) is 3.22. The average Bonchev–Trinajstić information content (AvgIpc) is 2.99. The molecule has 6 nitrogen and oxygen atoms in total. The van der Waals surface area contributed by atoms with E-state index in [1.165, 1.54) is 31.0 Å². The van der Waals surface area contributed by atoms with Gasteiger partial charge >= 0.3 is 0 Å². The second-order valence-electron chi connectivity index (χ2n) is 6.24. The van der Waals surface area contributed by atoms with Crippen molar-refractivity contribution in [2.75, 3.05) is 17.6 Å². The number of rotatable bonds is 7. The molecule has 0 aliphatic heterocycles. The number of carbonyl (C=O) groups is 2. The van der Waals surface area contributed by atoms with Crippen molar-refractivity contribution in [2.45, 2.75) is 64.2 Å². The molecule has 2 rings (SSSR count). The highest BCUT2D eigenvalue weighted by Crippen LogP contribution is 2.24. The Labute approximate surface area is 147 Å². The van der Waals surface area contributed by atoms with Crippen LogP contribution in [0.15, 0.2) is 10.6 Å². The Hall–Kier alpha value is -1.50. The highest BCUT2D eigenvalue weighted by atomic mass is 32.2. The number of nitrogens with zero attached hydrogens (tertiary/aromatic N) is 2.